The molecular weight excluding hydrogens is 238 g/mol. The number of thiophene rings is 1. The molecule has 1 fully saturated rings. The Balaban J connectivity index is 1.78. The molecular formula is C11H17N3O2S. The van der Waals surface area contributed by atoms with Crippen LogP contribution in [0.2, 0.25) is 0 Å². The Morgan fingerprint density at radius 3 is 2.76 bits per heavy atom. The first-order chi connectivity index (χ1) is 8.29. The maximum atomic E-state index is 11.9. The van der Waals surface area contributed by atoms with Crippen LogP contribution in [-0.4, -0.2) is 60.3 Å². The number of aliphatic hydroxyl groups is 1. The van der Waals surface area contributed by atoms with E-state index in [-0.39, 0.29) is 12.6 Å². The third-order valence-corrected chi connectivity index (χ3v) is 3.61. The number of hydrogen-bond donors (Lipinski definition) is 2. The van der Waals surface area contributed by atoms with Crippen LogP contribution in [0.15, 0.2) is 17.5 Å². The topological polar surface area (TPSA) is 55.8 Å². The van der Waals surface area contributed by atoms with Gasteiger partial charge in [0.2, 0.25) is 0 Å². The summed E-state index contributed by atoms with van der Waals surface area (Å²) in [6.45, 7) is 3.98. The molecule has 1 aliphatic heterocycles. The summed E-state index contributed by atoms with van der Waals surface area (Å²) in [6, 6.07) is 3.78. The molecule has 0 bridgehead atoms. The number of nitrogens with one attached hydrogen (secondary N) is 1. The van der Waals surface area contributed by atoms with Gasteiger partial charge in [-0.1, -0.05) is 0 Å². The van der Waals surface area contributed by atoms with Gasteiger partial charge in [-0.15, -0.1) is 11.3 Å². The van der Waals surface area contributed by atoms with Gasteiger partial charge in [0, 0.05) is 32.7 Å². The maximum absolute atomic E-state index is 11.9. The van der Waals surface area contributed by atoms with Crippen molar-refractivity contribution in [3.8, 4) is 0 Å². The number of piperazine rings is 1. The van der Waals surface area contributed by atoms with Crippen molar-refractivity contribution in [3.63, 3.8) is 0 Å². The van der Waals surface area contributed by atoms with Crippen LogP contribution in [-0.2, 0) is 0 Å². The smallest absolute Gasteiger partial charge is 0.322 e. The van der Waals surface area contributed by atoms with E-state index in [1.807, 2.05) is 22.4 Å². The summed E-state index contributed by atoms with van der Waals surface area (Å²) >= 11 is 1.52. The lowest BCUT2D eigenvalue weighted by Gasteiger charge is -2.34. The fourth-order valence-electron chi connectivity index (χ4n) is 1.85. The van der Waals surface area contributed by atoms with Crippen LogP contribution in [0.25, 0.3) is 0 Å². The summed E-state index contributed by atoms with van der Waals surface area (Å²) in [6.07, 6.45) is 0. The average Bonchev–Trinajstić information content (AvgIpc) is 2.83. The molecule has 6 heteroatoms. The Labute approximate surface area is 105 Å². The van der Waals surface area contributed by atoms with Crippen LogP contribution in [0.4, 0.5) is 9.80 Å². The molecule has 0 saturated carbocycles. The van der Waals surface area contributed by atoms with Crippen molar-refractivity contribution < 1.29 is 9.90 Å². The minimum Gasteiger partial charge on any atom is -0.395 e. The Bertz CT molecular complexity index is 348. The second kappa shape index (κ2) is 6.00. The molecule has 94 valence electrons. The SMILES string of the molecule is O=C(Nc1cccs1)N1CCN(CCO)CC1. The molecule has 1 aromatic heterocycles. The monoisotopic (exact) mass is 255 g/mol. The number of anilines is 1. The van der Waals surface area contributed by atoms with Crippen LogP contribution >= 0.6 is 11.3 Å². The number of carbonyl (C=O) groups is 1. The predicted molar refractivity (Wildman–Crippen MR) is 68.4 cm³/mol. The number of aliphatic hydroxyl groups excluding tert-OH is 1. The van der Waals surface area contributed by atoms with Gasteiger partial charge in [-0.3, -0.25) is 10.2 Å². The highest BCUT2D eigenvalue weighted by molar-refractivity contribution is 7.14. The number of amides is 2. The fraction of sp³-hybridized carbons (Fsp3) is 0.545. The van der Waals surface area contributed by atoms with E-state index in [1.165, 1.54) is 11.3 Å². The van der Waals surface area contributed by atoms with Crippen LogP contribution in [0, 0.1) is 0 Å². The predicted octanol–water partition coefficient (Wildman–Crippen LogP) is 0.890. The molecule has 2 N–H and O–H groups in total. The Morgan fingerprint density at radius 2 is 2.18 bits per heavy atom. The Kier molecular flexibility index (Phi) is 4.36. The molecule has 17 heavy (non-hydrogen) atoms. The lowest BCUT2D eigenvalue weighted by atomic mass is 10.3. The van der Waals surface area contributed by atoms with Crippen molar-refractivity contribution in [1.29, 1.82) is 0 Å². The molecule has 2 heterocycles. The van der Waals surface area contributed by atoms with Crippen LogP contribution < -0.4 is 5.32 Å². The maximum Gasteiger partial charge on any atom is 0.322 e. The molecule has 0 unspecified atom stereocenters. The molecule has 2 rings (SSSR count). The molecule has 0 aromatic carbocycles. The number of urea groups is 1. The van der Waals surface area contributed by atoms with Gasteiger partial charge < -0.3 is 10.0 Å². The Hall–Kier alpha value is -1.11. The standard InChI is InChI=1S/C11H17N3O2S/c15-8-7-13-3-5-14(6-4-13)11(16)12-10-2-1-9-17-10/h1-2,9,15H,3-8H2,(H,12,16). The highest BCUT2D eigenvalue weighted by atomic mass is 32.1. The molecule has 0 spiro atoms. The summed E-state index contributed by atoms with van der Waals surface area (Å²) in [5.41, 5.74) is 0. The molecule has 1 saturated heterocycles. The first kappa shape index (κ1) is 12.3. The van der Waals surface area contributed by atoms with Gasteiger partial charge in [-0.25, -0.2) is 4.79 Å². The zero-order valence-corrected chi connectivity index (χ0v) is 10.4. The molecule has 1 aromatic rings. The minimum atomic E-state index is -0.0314. The lowest BCUT2D eigenvalue weighted by Crippen LogP contribution is -2.50. The van der Waals surface area contributed by atoms with Gasteiger partial charge in [0.25, 0.3) is 0 Å². The van der Waals surface area contributed by atoms with E-state index >= 15 is 0 Å². The van der Waals surface area contributed by atoms with Gasteiger partial charge >= 0.3 is 6.03 Å². The number of rotatable bonds is 3. The van der Waals surface area contributed by atoms with Gasteiger partial charge in [0.05, 0.1) is 11.6 Å². The Morgan fingerprint density at radius 1 is 1.41 bits per heavy atom. The normalized spacial score (nSPS) is 17.1. The fourth-order valence-corrected chi connectivity index (χ4v) is 2.46. The van der Waals surface area contributed by atoms with Gasteiger partial charge in [-0.05, 0) is 17.5 Å². The molecule has 2 amide bonds. The zero-order valence-electron chi connectivity index (χ0n) is 9.63. The summed E-state index contributed by atoms with van der Waals surface area (Å²) < 4.78 is 0. The summed E-state index contributed by atoms with van der Waals surface area (Å²) in [4.78, 5) is 15.9. The van der Waals surface area contributed by atoms with Crippen molar-refractivity contribution in [3.05, 3.63) is 17.5 Å². The van der Waals surface area contributed by atoms with Crippen LogP contribution in [0.1, 0.15) is 0 Å². The number of hydrogen-bond acceptors (Lipinski definition) is 4. The van der Waals surface area contributed by atoms with E-state index < -0.39 is 0 Å². The summed E-state index contributed by atoms with van der Waals surface area (Å²) in [7, 11) is 0. The summed E-state index contributed by atoms with van der Waals surface area (Å²) in [5.74, 6) is 0. The third kappa shape index (κ3) is 3.42. The zero-order chi connectivity index (χ0) is 12.1. The van der Waals surface area contributed by atoms with Crippen molar-refractivity contribution in [1.82, 2.24) is 9.80 Å². The largest absolute Gasteiger partial charge is 0.395 e. The van der Waals surface area contributed by atoms with Crippen molar-refractivity contribution in [2.24, 2.45) is 0 Å². The molecule has 0 aliphatic carbocycles. The highest BCUT2D eigenvalue weighted by Crippen LogP contribution is 2.15. The van der Waals surface area contributed by atoms with Crippen molar-refractivity contribution in [2.45, 2.75) is 0 Å². The second-order valence-corrected chi connectivity index (χ2v) is 4.91. The number of nitrogens with zero attached hydrogens (tertiary/aromatic N) is 2. The highest BCUT2D eigenvalue weighted by Gasteiger charge is 2.20. The van der Waals surface area contributed by atoms with Gasteiger partial charge in [0.15, 0.2) is 0 Å². The van der Waals surface area contributed by atoms with Crippen LogP contribution in [0.5, 0.6) is 0 Å². The molecule has 5 nitrogen and oxygen atoms in total. The lowest BCUT2D eigenvalue weighted by molar-refractivity contribution is 0.127. The van der Waals surface area contributed by atoms with E-state index in [1.54, 1.807) is 0 Å². The van der Waals surface area contributed by atoms with Crippen molar-refractivity contribution >= 4 is 22.4 Å². The van der Waals surface area contributed by atoms with Crippen molar-refractivity contribution in [2.75, 3.05) is 44.6 Å². The van der Waals surface area contributed by atoms with E-state index in [4.69, 9.17) is 5.11 Å². The van der Waals surface area contributed by atoms with E-state index in [0.29, 0.717) is 6.54 Å². The molecule has 1 aliphatic rings. The van der Waals surface area contributed by atoms with Gasteiger partial charge in [0.1, 0.15) is 0 Å². The first-order valence-electron chi connectivity index (χ1n) is 5.72. The van der Waals surface area contributed by atoms with E-state index in [0.717, 1.165) is 31.2 Å². The van der Waals surface area contributed by atoms with Crippen LogP contribution in [0.3, 0.4) is 0 Å². The third-order valence-electron chi connectivity index (χ3n) is 2.83. The second-order valence-electron chi connectivity index (χ2n) is 3.96. The molecule has 0 radical (unpaired) electrons. The van der Waals surface area contributed by atoms with Gasteiger partial charge in [-0.2, -0.15) is 0 Å². The quantitative estimate of drug-likeness (QED) is 0.843. The number of β-amino-alcohol motifs (C(OH)–C–C–N with tert-alkyl or cyclic N) is 1. The average molecular weight is 255 g/mol. The van der Waals surface area contributed by atoms with E-state index in [9.17, 15) is 4.79 Å². The molecule has 0 atom stereocenters. The number of carbonyl (C=O) groups excluding carboxylic acids is 1. The minimum absolute atomic E-state index is 0.0314. The van der Waals surface area contributed by atoms with E-state index in [2.05, 4.69) is 10.2 Å². The first-order valence-corrected chi connectivity index (χ1v) is 6.60. The summed E-state index contributed by atoms with van der Waals surface area (Å²) in [5, 5.41) is 14.5.